The number of nitrogens with zero attached hydrogens (tertiary/aromatic N) is 1. The number of ether oxygens (including phenoxy) is 1. The van der Waals surface area contributed by atoms with Gasteiger partial charge in [-0.2, -0.15) is 0 Å². The first-order chi connectivity index (χ1) is 10.8. The van der Waals surface area contributed by atoms with Gasteiger partial charge in [-0.3, -0.25) is 0 Å². The fourth-order valence-electron chi connectivity index (χ4n) is 2.40. The molecule has 1 unspecified atom stereocenters. The van der Waals surface area contributed by atoms with Crippen molar-refractivity contribution in [1.29, 1.82) is 0 Å². The van der Waals surface area contributed by atoms with Gasteiger partial charge in [-0.15, -0.1) is 0 Å². The molecule has 2 aromatic carbocycles. The van der Waals surface area contributed by atoms with Crippen molar-refractivity contribution >= 4 is 11.7 Å². The lowest BCUT2D eigenvalue weighted by molar-refractivity contribution is -0.154. The Bertz CT molecular complexity index is 677. The molecule has 0 N–H and O–H groups in total. The molecule has 4 nitrogen and oxygen atoms in total. The summed E-state index contributed by atoms with van der Waals surface area (Å²) < 4.78 is 4.95. The molecule has 0 spiro atoms. The van der Waals surface area contributed by atoms with Gasteiger partial charge >= 0.3 is 5.97 Å². The Kier molecular flexibility index (Phi) is 4.19. The second-order valence-electron chi connectivity index (χ2n) is 5.03. The van der Waals surface area contributed by atoms with E-state index >= 15 is 0 Å². The van der Waals surface area contributed by atoms with Crippen molar-refractivity contribution in [1.82, 2.24) is 0 Å². The Hall–Kier alpha value is -2.62. The van der Waals surface area contributed by atoms with E-state index in [0.29, 0.717) is 13.0 Å². The van der Waals surface area contributed by atoms with Crippen LogP contribution in [-0.2, 0) is 14.4 Å². The number of oxime groups is 1. The second-order valence-corrected chi connectivity index (χ2v) is 5.03. The summed E-state index contributed by atoms with van der Waals surface area (Å²) >= 11 is 0. The maximum Gasteiger partial charge on any atom is 0.350 e. The Morgan fingerprint density at radius 2 is 1.73 bits per heavy atom. The lowest BCUT2D eigenvalue weighted by atomic mass is 10.0. The summed E-state index contributed by atoms with van der Waals surface area (Å²) in [7, 11) is 0. The van der Waals surface area contributed by atoms with Crippen molar-refractivity contribution in [3.05, 3.63) is 60.2 Å². The maximum absolute atomic E-state index is 11.6. The van der Waals surface area contributed by atoms with Gasteiger partial charge in [-0.25, -0.2) is 4.79 Å². The molecular formula is C18H17NO3. The fourth-order valence-corrected chi connectivity index (χ4v) is 2.40. The van der Waals surface area contributed by atoms with Gasteiger partial charge in [0.25, 0.3) is 0 Å². The molecule has 1 aliphatic rings. The molecule has 2 aromatic rings. The van der Waals surface area contributed by atoms with Gasteiger partial charge in [0.2, 0.25) is 6.10 Å². The summed E-state index contributed by atoms with van der Waals surface area (Å²) in [4.78, 5) is 16.8. The molecular weight excluding hydrogens is 278 g/mol. The van der Waals surface area contributed by atoms with Gasteiger partial charge in [-0.1, -0.05) is 59.8 Å². The van der Waals surface area contributed by atoms with Gasteiger partial charge in [0, 0.05) is 6.42 Å². The first-order valence-electron chi connectivity index (χ1n) is 7.33. The summed E-state index contributed by atoms with van der Waals surface area (Å²) in [5, 5.41) is 4.01. The van der Waals surface area contributed by atoms with Gasteiger partial charge in [0.05, 0.1) is 12.3 Å². The predicted molar refractivity (Wildman–Crippen MR) is 84.5 cm³/mol. The molecule has 0 aliphatic carbocycles. The minimum Gasteiger partial charge on any atom is -0.463 e. The van der Waals surface area contributed by atoms with Crippen LogP contribution in [0.1, 0.15) is 18.9 Å². The lowest BCUT2D eigenvalue weighted by Gasteiger charge is -2.06. The molecule has 0 fully saturated rings. The topological polar surface area (TPSA) is 47.9 Å². The number of esters is 1. The number of benzene rings is 2. The normalized spacial score (nSPS) is 16.8. The largest absolute Gasteiger partial charge is 0.463 e. The first-order valence-corrected chi connectivity index (χ1v) is 7.33. The molecule has 0 saturated heterocycles. The van der Waals surface area contributed by atoms with Crippen LogP contribution >= 0.6 is 0 Å². The third-order valence-electron chi connectivity index (χ3n) is 3.54. The highest BCUT2D eigenvalue weighted by Crippen LogP contribution is 2.22. The molecule has 0 aromatic heterocycles. The van der Waals surface area contributed by atoms with Gasteiger partial charge in [-0.05, 0) is 23.6 Å². The molecule has 4 heteroatoms. The van der Waals surface area contributed by atoms with E-state index in [-0.39, 0.29) is 5.97 Å². The van der Waals surface area contributed by atoms with Crippen LogP contribution < -0.4 is 0 Å². The van der Waals surface area contributed by atoms with Gasteiger partial charge in [0.15, 0.2) is 0 Å². The fraction of sp³-hybridized carbons (Fsp3) is 0.222. The predicted octanol–water partition coefficient (Wildman–Crippen LogP) is 3.41. The highest BCUT2D eigenvalue weighted by Gasteiger charge is 2.29. The van der Waals surface area contributed by atoms with Crippen LogP contribution in [-0.4, -0.2) is 24.4 Å². The number of hydrogen-bond donors (Lipinski definition) is 0. The molecule has 0 radical (unpaired) electrons. The van der Waals surface area contributed by atoms with Crippen LogP contribution in [0.15, 0.2) is 59.8 Å². The second kappa shape index (κ2) is 6.43. The SMILES string of the molecule is CCOC(=O)C1CC(c2ccc(-c3ccccc3)cc2)=NO1. The highest BCUT2D eigenvalue weighted by molar-refractivity contribution is 6.03. The molecule has 1 heterocycles. The van der Waals surface area contributed by atoms with Crippen LogP contribution in [0.4, 0.5) is 0 Å². The van der Waals surface area contributed by atoms with E-state index < -0.39 is 6.10 Å². The van der Waals surface area contributed by atoms with Gasteiger partial charge in [0.1, 0.15) is 0 Å². The van der Waals surface area contributed by atoms with Crippen molar-refractivity contribution in [2.24, 2.45) is 5.16 Å². The van der Waals surface area contributed by atoms with E-state index in [0.717, 1.165) is 16.8 Å². The molecule has 3 rings (SSSR count). The smallest absolute Gasteiger partial charge is 0.350 e. The minimum absolute atomic E-state index is 0.347. The zero-order chi connectivity index (χ0) is 15.4. The number of hydrogen-bond acceptors (Lipinski definition) is 4. The Labute approximate surface area is 129 Å². The first kappa shape index (κ1) is 14.3. The quantitative estimate of drug-likeness (QED) is 0.812. The zero-order valence-corrected chi connectivity index (χ0v) is 12.4. The third kappa shape index (κ3) is 3.01. The molecule has 0 bridgehead atoms. The monoisotopic (exact) mass is 295 g/mol. The van der Waals surface area contributed by atoms with Crippen LogP contribution in [0.2, 0.25) is 0 Å². The summed E-state index contributed by atoms with van der Waals surface area (Å²) in [6.45, 7) is 2.12. The van der Waals surface area contributed by atoms with Crippen molar-refractivity contribution < 1.29 is 14.4 Å². The van der Waals surface area contributed by atoms with Crippen LogP contribution in [0.25, 0.3) is 11.1 Å². The van der Waals surface area contributed by atoms with Crippen LogP contribution in [0.5, 0.6) is 0 Å². The summed E-state index contributed by atoms with van der Waals surface area (Å²) in [6.07, 6.45) is -0.174. The van der Waals surface area contributed by atoms with E-state index in [9.17, 15) is 4.79 Å². The van der Waals surface area contributed by atoms with Gasteiger partial charge < -0.3 is 9.57 Å². The molecule has 112 valence electrons. The summed E-state index contributed by atoms with van der Waals surface area (Å²) in [6, 6.07) is 18.3. The summed E-state index contributed by atoms with van der Waals surface area (Å²) in [5.74, 6) is -0.359. The Balaban J connectivity index is 1.71. The molecule has 22 heavy (non-hydrogen) atoms. The number of rotatable bonds is 4. The molecule has 1 aliphatic heterocycles. The third-order valence-corrected chi connectivity index (χ3v) is 3.54. The van der Waals surface area contributed by atoms with Crippen molar-refractivity contribution in [3.63, 3.8) is 0 Å². The van der Waals surface area contributed by atoms with E-state index in [4.69, 9.17) is 9.57 Å². The molecule has 0 amide bonds. The molecule has 1 atom stereocenters. The zero-order valence-electron chi connectivity index (χ0n) is 12.4. The Morgan fingerprint density at radius 3 is 2.41 bits per heavy atom. The van der Waals surface area contributed by atoms with E-state index in [1.54, 1.807) is 6.92 Å². The molecule has 0 saturated carbocycles. The number of carbonyl (C=O) groups is 1. The number of carbonyl (C=O) groups excluding carboxylic acids is 1. The van der Waals surface area contributed by atoms with Crippen molar-refractivity contribution in [3.8, 4) is 11.1 Å². The van der Waals surface area contributed by atoms with E-state index in [2.05, 4.69) is 17.3 Å². The average molecular weight is 295 g/mol. The van der Waals surface area contributed by atoms with E-state index in [1.165, 1.54) is 5.56 Å². The average Bonchev–Trinajstić information content (AvgIpc) is 3.06. The standard InChI is InChI=1S/C18H17NO3/c1-2-21-18(20)17-12-16(19-22-17)15-10-8-14(9-11-15)13-6-4-3-5-7-13/h3-11,17H,2,12H2,1H3. The summed E-state index contributed by atoms with van der Waals surface area (Å²) in [5.41, 5.74) is 4.05. The minimum atomic E-state index is -0.622. The van der Waals surface area contributed by atoms with Crippen LogP contribution in [0.3, 0.4) is 0 Å². The van der Waals surface area contributed by atoms with E-state index in [1.807, 2.05) is 42.5 Å². The Morgan fingerprint density at radius 1 is 1.09 bits per heavy atom. The highest BCUT2D eigenvalue weighted by atomic mass is 16.7. The maximum atomic E-state index is 11.6. The van der Waals surface area contributed by atoms with Crippen LogP contribution in [0, 0.1) is 0 Å². The lowest BCUT2D eigenvalue weighted by Crippen LogP contribution is -2.23. The van der Waals surface area contributed by atoms with Crippen molar-refractivity contribution in [2.75, 3.05) is 6.61 Å². The van der Waals surface area contributed by atoms with Crippen molar-refractivity contribution in [2.45, 2.75) is 19.4 Å².